The number of aliphatic imine (C=N–C) groups is 1. The summed E-state index contributed by atoms with van der Waals surface area (Å²) in [6.07, 6.45) is 1.39. The van der Waals surface area contributed by atoms with E-state index < -0.39 is 0 Å². The van der Waals surface area contributed by atoms with Gasteiger partial charge in [0.1, 0.15) is 0 Å². The van der Waals surface area contributed by atoms with Gasteiger partial charge in [-0.05, 0) is 18.6 Å². The Bertz CT molecular complexity index is 510. The van der Waals surface area contributed by atoms with Crippen LogP contribution in [-0.4, -0.2) is 51.8 Å². The number of carbonyl (C=O) groups is 1. The predicted molar refractivity (Wildman–Crippen MR) is 104 cm³/mol. The Morgan fingerprint density at radius 2 is 2.13 bits per heavy atom. The van der Waals surface area contributed by atoms with Crippen LogP contribution < -0.4 is 15.5 Å². The van der Waals surface area contributed by atoms with Crippen molar-refractivity contribution in [3.05, 3.63) is 30.3 Å². The molecule has 6 nitrogen and oxygen atoms in total. The van der Waals surface area contributed by atoms with Gasteiger partial charge in [-0.15, -0.1) is 24.0 Å². The van der Waals surface area contributed by atoms with E-state index in [-0.39, 0.29) is 29.9 Å². The lowest BCUT2D eigenvalue weighted by molar-refractivity contribution is -0.140. The molecule has 0 bridgehead atoms. The van der Waals surface area contributed by atoms with E-state index in [2.05, 4.69) is 49.5 Å². The topological polar surface area (TPSA) is 66.0 Å². The zero-order chi connectivity index (χ0) is 15.8. The highest BCUT2D eigenvalue weighted by Gasteiger charge is 2.23. The Kier molecular flexibility index (Phi) is 8.75. The molecule has 1 saturated heterocycles. The van der Waals surface area contributed by atoms with Gasteiger partial charge in [0.2, 0.25) is 0 Å². The number of nitrogens with zero attached hydrogens (tertiary/aromatic N) is 2. The van der Waals surface area contributed by atoms with Crippen LogP contribution in [0, 0.1) is 0 Å². The third-order valence-electron chi connectivity index (χ3n) is 3.72. The summed E-state index contributed by atoms with van der Waals surface area (Å²) < 4.78 is 4.62. The lowest BCUT2D eigenvalue weighted by Gasteiger charge is -2.20. The normalized spacial score (nSPS) is 17.4. The van der Waals surface area contributed by atoms with Crippen LogP contribution in [0.25, 0.3) is 0 Å². The van der Waals surface area contributed by atoms with E-state index in [0.29, 0.717) is 19.0 Å². The molecule has 0 aliphatic carbocycles. The standard InChI is InChI=1S/C16H24N4O2.HI/c1-17-16(18-10-8-15(21)22-2)19-13-9-11-20(12-13)14-6-4-3-5-7-14;/h3-7,13H,8-12H2,1-2H3,(H2,17,18,19);1H. The first kappa shape index (κ1) is 19.5. The molecule has 2 rings (SSSR count). The summed E-state index contributed by atoms with van der Waals surface area (Å²) in [5, 5.41) is 6.54. The second kappa shape index (κ2) is 10.3. The Morgan fingerprint density at radius 1 is 1.39 bits per heavy atom. The summed E-state index contributed by atoms with van der Waals surface area (Å²) in [7, 11) is 3.13. The van der Waals surface area contributed by atoms with Gasteiger partial charge in [-0.1, -0.05) is 18.2 Å². The van der Waals surface area contributed by atoms with Crippen molar-refractivity contribution in [3.63, 3.8) is 0 Å². The number of hydrogen-bond acceptors (Lipinski definition) is 4. The minimum Gasteiger partial charge on any atom is -0.469 e. The highest BCUT2D eigenvalue weighted by molar-refractivity contribution is 14.0. The number of hydrogen-bond donors (Lipinski definition) is 2. The number of guanidine groups is 1. The van der Waals surface area contributed by atoms with Crippen molar-refractivity contribution in [2.24, 2.45) is 4.99 Å². The number of rotatable bonds is 5. The number of nitrogens with one attached hydrogen (secondary N) is 2. The maximum absolute atomic E-state index is 11.1. The Morgan fingerprint density at radius 3 is 2.78 bits per heavy atom. The summed E-state index contributed by atoms with van der Waals surface area (Å²) in [4.78, 5) is 17.7. The molecule has 0 radical (unpaired) electrons. The van der Waals surface area contributed by atoms with Crippen molar-refractivity contribution in [2.45, 2.75) is 18.9 Å². The Balaban J connectivity index is 0.00000264. The van der Waals surface area contributed by atoms with Crippen molar-refractivity contribution in [1.29, 1.82) is 0 Å². The van der Waals surface area contributed by atoms with E-state index in [0.717, 1.165) is 25.5 Å². The van der Waals surface area contributed by atoms with Crippen molar-refractivity contribution >= 4 is 41.6 Å². The Hall–Kier alpha value is -1.51. The number of benzene rings is 1. The van der Waals surface area contributed by atoms with Gasteiger partial charge in [0.15, 0.2) is 5.96 Å². The fraction of sp³-hybridized carbons (Fsp3) is 0.500. The van der Waals surface area contributed by atoms with Crippen LogP contribution in [0.15, 0.2) is 35.3 Å². The van der Waals surface area contributed by atoms with Crippen LogP contribution in [0.5, 0.6) is 0 Å². The number of para-hydroxylation sites is 1. The van der Waals surface area contributed by atoms with Gasteiger partial charge in [0, 0.05) is 38.4 Å². The molecule has 1 aromatic rings. The van der Waals surface area contributed by atoms with Gasteiger partial charge in [-0.2, -0.15) is 0 Å². The fourth-order valence-corrected chi connectivity index (χ4v) is 2.52. The molecule has 7 heteroatoms. The average Bonchev–Trinajstić information content (AvgIpc) is 3.03. The lowest BCUT2D eigenvalue weighted by Crippen LogP contribution is -2.45. The maximum atomic E-state index is 11.1. The fourth-order valence-electron chi connectivity index (χ4n) is 2.52. The summed E-state index contributed by atoms with van der Waals surface area (Å²) in [5.41, 5.74) is 1.25. The first-order chi connectivity index (χ1) is 10.7. The molecule has 1 aliphatic rings. The van der Waals surface area contributed by atoms with Gasteiger partial charge in [0.05, 0.1) is 13.5 Å². The minimum atomic E-state index is -0.223. The molecule has 0 spiro atoms. The molecule has 23 heavy (non-hydrogen) atoms. The maximum Gasteiger partial charge on any atom is 0.307 e. The summed E-state index contributed by atoms with van der Waals surface area (Å²) in [6, 6.07) is 10.8. The molecule has 1 fully saturated rings. The van der Waals surface area contributed by atoms with Crippen molar-refractivity contribution < 1.29 is 9.53 Å². The highest BCUT2D eigenvalue weighted by atomic mass is 127. The van der Waals surface area contributed by atoms with Crippen LogP contribution in [-0.2, 0) is 9.53 Å². The smallest absolute Gasteiger partial charge is 0.307 e. The van der Waals surface area contributed by atoms with Gasteiger partial charge >= 0.3 is 5.97 Å². The molecular weight excluding hydrogens is 407 g/mol. The zero-order valence-corrected chi connectivity index (χ0v) is 15.9. The van der Waals surface area contributed by atoms with Crippen molar-refractivity contribution in [1.82, 2.24) is 10.6 Å². The number of anilines is 1. The van der Waals surface area contributed by atoms with Crippen LogP contribution in [0.4, 0.5) is 5.69 Å². The van der Waals surface area contributed by atoms with Crippen LogP contribution in [0.1, 0.15) is 12.8 Å². The Labute approximate surface area is 154 Å². The highest BCUT2D eigenvalue weighted by Crippen LogP contribution is 2.19. The predicted octanol–water partition coefficient (Wildman–Crippen LogP) is 1.61. The summed E-state index contributed by atoms with van der Waals surface area (Å²) in [5.74, 6) is 0.503. The van der Waals surface area contributed by atoms with Gasteiger partial charge in [-0.3, -0.25) is 9.79 Å². The zero-order valence-electron chi connectivity index (χ0n) is 13.6. The second-order valence-electron chi connectivity index (χ2n) is 5.24. The number of esters is 1. The number of methoxy groups -OCH3 is 1. The van der Waals surface area contributed by atoms with Gasteiger partial charge < -0.3 is 20.3 Å². The third-order valence-corrected chi connectivity index (χ3v) is 3.72. The second-order valence-corrected chi connectivity index (χ2v) is 5.24. The quantitative estimate of drug-likeness (QED) is 0.321. The molecule has 1 atom stereocenters. The van der Waals surface area contributed by atoms with Crippen molar-refractivity contribution in [3.8, 4) is 0 Å². The molecule has 1 unspecified atom stereocenters. The average molecular weight is 432 g/mol. The van der Waals surface area contributed by atoms with E-state index in [1.54, 1.807) is 7.05 Å². The van der Waals surface area contributed by atoms with Gasteiger partial charge in [-0.25, -0.2) is 0 Å². The largest absolute Gasteiger partial charge is 0.469 e. The molecule has 0 aromatic heterocycles. The van der Waals surface area contributed by atoms with E-state index in [1.807, 2.05) is 6.07 Å². The first-order valence-corrected chi connectivity index (χ1v) is 7.57. The third kappa shape index (κ3) is 6.25. The molecule has 0 saturated carbocycles. The van der Waals surface area contributed by atoms with E-state index in [4.69, 9.17) is 0 Å². The lowest BCUT2D eigenvalue weighted by atomic mass is 10.3. The van der Waals surface area contributed by atoms with Crippen molar-refractivity contribution in [2.75, 3.05) is 38.7 Å². The van der Waals surface area contributed by atoms with E-state index in [1.165, 1.54) is 12.8 Å². The van der Waals surface area contributed by atoms with Crippen LogP contribution >= 0.6 is 24.0 Å². The number of halogens is 1. The number of ether oxygens (including phenoxy) is 1. The summed E-state index contributed by atoms with van der Waals surface area (Å²) in [6.45, 7) is 2.49. The molecule has 1 heterocycles. The first-order valence-electron chi connectivity index (χ1n) is 7.57. The SMILES string of the molecule is CN=C(NCCC(=O)OC)NC1CCN(c2ccccc2)C1.I. The number of carbonyl (C=O) groups excluding carboxylic acids is 1. The molecule has 128 valence electrons. The summed E-state index contributed by atoms with van der Waals surface area (Å²) >= 11 is 0. The minimum absolute atomic E-state index is 0. The molecule has 0 amide bonds. The monoisotopic (exact) mass is 432 g/mol. The molecule has 1 aliphatic heterocycles. The van der Waals surface area contributed by atoms with E-state index in [9.17, 15) is 4.79 Å². The molecule has 1 aromatic carbocycles. The van der Waals surface area contributed by atoms with Crippen LogP contribution in [0.2, 0.25) is 0 Å². The van der Waals surface area contributed by atoms with Crippen LogP contribution in [0.3, 0.4) is 0 Å². The van der Waals surface area contributed by atoms with E-state index >= 15 is 0 Å². The van der Waals surface area contributed by atoms with Gasteiger partial charge in [0.25, 0.3) is 0 Å². The molecular formula is C16H25IN4O2. The molecule has 2 N–H and O–H groups in total.